The first-order valence-corrected chi connectivity index (χ1v) is 11.4. The fraction of sp³-hybridized carbons (Fsp3) is 0.240. The molecular weight excluding hydrogens is 452 g/mol. The van der Waals surface area contributed by atoms with E-state index in [2.05, 4.69) is 39.0 Å². The van der Waals surface area contributed by atoms with Gasteiger partial charge in [0, 0.05) is 41.2 Å². The molecule has 34 heavy (non-hydrogen) atoms. The van der Waals surface area contributed by atoms with Gasteiger partial charge in [0.15, 0.2) is 11.5 Å². The van der Waals surface area contributed by atoms with Gasteiger partial charge in [-0.05, 0) is 68.8 Å². The number of aromatic nitrogens is 4. The Morgan fingerprint density at radius 1 is 1.09 bits per heavy atom. The van der Waals surface area contributed by atoms with Gasteiger partial charge < -0.3 is 10.2 Å². The van der Waals surface area contributed by atoms with Gasteiger partial charge >= 0.3 is 0 Å². The van der Waals surface area contributed by atoms with Crippen molar-refractivity contribution in [2.24, 2.45) is 0 Å². The summed E-state index contributed by atoms with van der Waals surface area (Å²) in [5.41, 5.74) is 3.41. The number of carbonyl (C=O) groups excluding carboxylic acids is 1. The third-order valence-electron chi connectivity index (χ3n) is 5.61. The van der Waals surface area contributed by atoms with Gasteiger partial charge in [-0.25, -0.2) is 15.0 Å². The molecule has 4 aromatic rings. The molecule has 8 nitrogen and oxygen atoms in total. The van der Waals surface area contributed by atoms with Crippen LogP contribution in [-0.2, 0) is 11.3 Å². The third-order valence-corrected chi connectivity index (χ3v) is 5.86. The number of hydrogen-bond acceptors (Lipinski definition) is 6. The number of anilines is 2. The molecule has 0 spiro atoms. The highest BCUT2D eigenvalue weighted by atomic mass is 35.5. The maximum atomic E-state index is 12.9. The molecule has 2 heterocycles. The number of nitrogens with one attached hydrogen (secondary N) is 1. The molecular formula is C25H25ClN6O2. The molecule has 1 amide bonds. The molecule has 0 saturated heterocycles. The zero-order valence-corrected chi connectivity index (χ0v) is 20.0. The first-order chi connectivity index (χ1) is 16.4. The Labute approximate surface area is 202 Å². The van der Waals surface area contributed by atoms with Crippen molar-refractivity contribution in [3.63, 3.8) is 0 Å². The molecule has 0 aliphatic rings. The molecule has 2 aromatic carbocycles. The van der Waals surface area contributed by atoms with Gasteiger partial charge in [-0.2, -0.15) is 0 Å². The van der Waals surface area contributed by atoms with Crippen molar-refractivity contribution in [2.45, 2.75) is 27.3 Å². The fourth-order valence-corrected chi connectivity index (χ4v) is 3.85. The summed E-state index contributed by atoms with van der Waals surface area (Å²) in [6.45, 7) is 7.80. The predicted molar refractivity (Wildman–Crippen MR) is 135 cm³/mol. The van der Waals surface area contributed by atoms with Crippen LogP contribution in [0.4, 0.5) is 11.4 Å². The van der Waals surface area contributed by atoms with E-state index < -0.39 is 0 Å². The smallest absolute Gasteiger partial charge is 0.264 e. The Hall–Kier alpha value is -3.78. The van der Waals surface area contributed by atoms with Crippen molar-refractivity contribution in [1.82, 2.24) is 19.5 Å². The Bertz CT molecular complexity index is 1400. The van der Waals surface area contributed by atoms with Gasteiger partial charge in [0.05, 0.1) is 0 Å². The molecule has 0 atom stereocenters. The number of rotatable bonds is 7. The van der Waals surface area contributed by atoms with Crippen LogP contribution in [0.5, 0.6) is 0 Å². The van der Waals surface area contributed by atoms with Crippen molar-refractivity contribution in [2.75, 3.05) is 23.3 Å². The van der Waals surface area contributed by atoms with Gasteiger partial charge in [-0.1, -0.05) is 11.6 Å². The molecule has 9 heteroatoms. The highest BCUT2D eigenvalue weighted by molar-refractivity contribution is 6.30. The number of amides is 1. The van der Waals surface area contributed by atoms with Crippen molar-refractivity contribution in [3.05, 3.63) is 75.9 Å². The summed E-state index contributed by atoms with van der Waals surface area (Å²) in [5, 5.41) is 3.74. The second kappa shape index (κ2) is 10.0. The SMILES string of the molecule is CCN(CC)c1ccc(NC(=O)Cn2cnc3nc(-c4ccc(Cl)cc4)ncc3c2=O)c(C)c1. The maximum absolute atomic E-state index is 12.9. The Morgan fingerprint density at radius 2 is 1.82 bits per heavy atom. The number of aryl methyl sites for hydroxylation is 1. The average molecular weight is 477 g/mol. The van der Waals surface area contributed by atoms with E-state index in [1.165, 1.54) is 17.1 Å². The minimum absolute atomic E-state index is 0.169. The number of hydrogen-bond donors (Lipinski definition) is 1. The van der Waals surface area contributed by atoms with Gasteiger partial charge in [0.25, 0.3) is 5.56 Å². The van der Waals surface area contributed by atoms with Crippen molar-refractivity contribution < 1.29 is 4.79 Å². The zero-order chi connectivity index (χ0) is 24.2. The van der Waals surface area contributed by atoms with E-state index in [1.54, 1.807) is 24.3 Å². The van der Waals surface area contributed by atoms with Crippen LogP contribution in [0.3, 0.4) is 0 Å². The summed E-state index contributed by atoms with van der Waals surface area (Å²) in [7, 11) is 0. The topological polar surface area (TPSA) is 93.0 Å². The molecule has 0 fully saturated rings. The monoisotopic (exact) mass is 476 g/mol. The molecule has 1 N–H and O–H groups in total. The van der Waals surface area contributed by atoms with Crippen LogP contribution in [-0.4, -0.2) is 38.5 Å². The minimum atomic E-state index is -0.378. The minimum Gasteiger partial charge on any atom is -0.372 e. The van der Waals surface area contributed by atoms with Crippen LogP contribution in [0, 0.1) is 6.92 Å². The first kappa shape index (κ1) is 23.4. The molecule has 0 saturated carbocycles. The van der Waals surface area contributed by atoms with Gasteiger partial charge in [0.2, 0.25) is 5.91 Å². The molecule has 4 rings (SSSR count). The van der Waals surface area contributed by atoms with Crippen LogP contribution in [0.1, 0.15) is 19.4 Å². The quantitative estimate of drug-likeness (QED) is 0.427. The summed E-state index contributed by atoms with van der Waals surface area (Å²) in [4.78, 5) is 40.8. The molecule has 2 aromatic heterocycles. The number of halogens is 1. The lowest BCUT2D eigenvalue weighted by molar-refractivity contribution is -0.116. The van der Waals surface area contributed by atoms with E-state index >= 15 is 0 Å². The molecule has 0 bridgehead atoms. The fourth-order valence-electron chi connectivity index (χ4n) is 3.72. The summed E-state index contributed by atoms with van der Waals surface area (Å²) in [5.74, 6) is 0.121. The van der Waals surface area contributed by atoms with Crippen molar-refractivity contribution in [3.8, 4) is 11.4 Å². The second-order valence-electron chi connectivity index (χ2n) is 7.84. The van der Waals surface area contributed by atoms with Gasteiger partial charge in [-0.3, -0.25) is 14.2 Å². The van der Waals surface area contributed by atoms with Crippen LogP contribution < -0.4 is 15.8 Å². The van der Waals surface area contributed by atoms with Gasteiger partial charge in [-0.15, -0.1) is 0 Å². The number of fused-ring (bicyclic) bond motifs is 1. The molecule has 0 unspecified atom stereocenters. The van der Waals surface area contributed by atoms with E-state index in [4.69, 9.17) is 11.6 Å². The van der Waals surface area contributed by atoms with Crippen molar-refractivity contribution >= 4 is 39.9 Å². The van der Waals surface area contributed by atoms with E-state index in [0.29, 0.717) is 16.5 Å². The van der Waals surface area contributed by atoms with E-state index in [0.717, 1.165) is 29.9 Å². The lowest BCUT2D eigenvalue weighted by Crippen LogP contribution is -2.28. The van der Waals surface area contributed by atoms with Crippen LogP contribution >= 0.6 is 11.6 Å². The molecule has 0 radical (unpaired) electrons. The zero-order valence-electron chi connectivity index (χ0n) is 19.2. The van der Waals surface area contributed by atoms with E-state index in [1.807, 2.05) is 25.1 Å². The molecule has 0 aliphatic heterocycles. The lowest BCUT2D eigenvalue weighted by Gasteiger charge is -2.22. The second-order valence-corrected chi connectivity index (χ2v) is 8.27. The summed E-state index contributed by atoms with van der Waals surface area (Å²) >= 11 is 5.93. The summed E-state index contributed by atoms with van der Waals surface area (Å²) in [6.07, 6.45) is 2.77. The average Bonchev–Trinajstić information content (AvgIpc) is 2.83. The van der Waals surface area contributed by atoms with Crippen LogP contribution in [0.25, 0.3) is 22.4 Å². The lowest BCUT2D eigenvalue weighted by atomic mass is 10.1. The van der Waals surface area contributed by atoms with Gasteiger partial charge in [0.1, 0.15) is 18.3 Å². The molecule has 174 valence electrons. The largest absolute Gasteiger partial charge is 0.372 e. The number of nitrogens with zero attached hydrogens (tertiary/aromatic N) is 5. The maximum Gasteiger partial charge on any atom is 0.264 e. The predicted octanol–water partition coefficient (Wildman–Crippen LogP) is 4.30. The molecule has 0 aliphatic carbocycles. The Morgan fingerprint density at radius 3 is 2.50 bits per heavy atom. The van der Waals surface area contributed by atoms with E-state index in [9.17, 15) is 9.59 Å². The van der Waals surface area contributed by atoms with Crippen molar-refractivity contribution in [1.29, 1.82) is 0 Å². The number of carbonyl (C=O) groups is 1. The summed E-state index contributed by atoms with van der Waals surface area (Å²) < 4.78 is 1.25. The Balaban J connectivity index is 1.52. The summed E-state index contributed by atoms with van der Waals surface area (Å²) in [6, 6.07) is 13.0. The highest BCUT2D eigenvalue weighted by Gasteiger charge is 2.13. The Kier molecular flexibility index (Phi) is 6.88. The number of benzene rings is 2. The normalized spacial score (nSPS) is 10.9. The van der Waals surface area contributed by atoms with Crippen LogP contribution in [0.15, 0.2) is 59.8 Å². The van der Waals surface area contributed by atoms with Crippen LogP contribution in [0.2, 0.25) is 5.02 Å². The van der Waals surface area contributed by atoms with E-state index in [-0.39, 0.29) is 29.0 Å². The highest BCUT2D eigenvalue weighted by Crippen LogP contribution is 2.23. The third kappa shape index (κ3) is 4.92. The standard InChI is InChI=1S/C25H25ClN6O2/c1-4-31(5-2)19-10-11-21(16(3)12-19)29-22(33)14-32-15-28-24-20(25(32)34)13-27-23(30-24)17-6-8-18(26)9-7-17/h6-13,15H,4-5,14H2,1-3H3,(H,29,33). The first-order valence-electron chi connectivity index (χ1n) is 11.0.